The number of hydrogen-bond acceptors (Lipinski definition) is 5. The normalized spacial score (nSPS) is 18.2. The summed E-state index contributed by atoms with van der Waals surface area (Å²) in [5.74, 6) is 1.86. The van der Waals surface area contributed by atoms with Gasteiger partial charge in [-0.25, -0.2) is 9.97 Å². The van der Waals surface area contributed by atoms with Gasteiger partial charge in [0, 0.05) is 25.5 Å². The van der Waals surface area contributed by atoms with E-state index in [4.69, 9.17) is 4.74 Å². The van der Waals surface area contributed by atoms with Gasteiger partial charge in [0.05, 0.1) is 19.1 Å². The molecule has 0 bridgehead atoms. The largest absolute Gasteiger partial charge is 0.497 e. The number of rotatable bonds is 6. The van der Waals surface area contributed by atoms with Gasteiger partial charge in [-0.2, -0.15) is 0 Å². The zero-order valence-electron chi connectivity index (χ0n) is 16.3. The summed E-state index contributed by atoms with van der Waals surface area (Å²) in [6.45, 7) is 5.80. The predicted molar refractivity (Wildman–Crippen MR) is 106 cm³/mol. The van der Waals surface area contributed by atoms with Crippen molar-refractivity contribution < 1.29 is 9.53 Å². The third-order valence-electron chi connectivity index (χ3n) is 5.07. The van der Waals surface area contributed by atoms with Crippen LogP contribution >= 0.6 is 0 Å². The summed E-state index contributed by atoms with van der Waals surface area (Å²) in [6.07, 6.45) is 5.34. The maximum Gasteiger partial charge on any atom is 0.225 e. The molecule has 0 saturated carbocycles. The zero-order chi connectivity index (χ0) is 19.2. The average Bonchev–Trinajstić information content (AvgIpc) is 2.72. The molecule has 144 valence electrons. The summed E-state index contributed by atoms with van der Waals surface area (Å²) in [5.41, 5.74) is 1.10. The summed E-state index contributed by atoms with van der Waals surface area (Å²) >= 11 is 0. The van der Waals surface area contributed by atoms with E-state index in [1.54, 1.807) is 25.6 Å². The molecule has 0 radical (unpaired) electrons. The van der Waals surface area contributed by atoms with Gasteiger partial charge in [0.25, 0.3) is 0 Å². The zero-order valence-corrected chi connectivity index (χ0v) is 16.3. The number of aromatic nitrogens is 2. The Bertz CT molecular complexity index is 734. The fourth-order valence-electron chi connectivity index (χ4n) is 3.54. The lowest BCUT2D eigenvalue weighted by Gasteiger charge is -2.33. The van der Waals surface area contributed by atoms with E-state index in [0.29, 0.717) is 18.4 Å². The second-order valence-corrected chi connectivity index (χ2v) is 7.34. The number of anilines is 1. The van der Waals surface area contributed by atoms with Crippen LogP contribution in [0, 0.1) is 11.8 Å². The summed E-state index contributed by atoms with van der Waals surface area (Å²) < 4.78 is 5.23. The van der Waals surface area contributed by atoms with Gasteiger partial charge in [-0.15, -0.1) is 0 Å². The van der Waals surface area contributed by atoms with E-state index < -0.39 is 0 Å². The lowest BCUT2D eigenvalue weighted by Crippen LogP contribution is -2.45. The molecule has 0 aliphatic carbocycles. The van der Waals surface area contributed by atoms with Gasteiger partial charge in [-0.3, -0.25) is 4.79 Å². The standard InChI is InChI=1S/C21H28N4O2/c1-15(2)19(16-7-9-18(27-3)10-8-16)24-20(26)17-6-4-13-25(14-17)21-22-11-5-12-23-21/h5,7-12,15,17,19H,4,6,13-14H2,1-3H3,(H,24,26). The van der Waals surface area contributed by atoms with Crippen LogP contribution in [0.5, 0.6) is 5.75 Å². The second-order valence-electron chi connectivity index (χ2n) is 7.34. The molecule has 1 aliphatic heterocycles. The maximum absolute atomic E-state index is 13.0. The molecule has 2 unspecified atom stereocenters. The second kappa shape index (κ2) is 8.84. The Balaban J connectivity index is 1.68. The Morgan fingerprint density at radius 2 is 1.93 bits per heavy atom. The van der Waals surface area contributed by atoms with Crippen LogP contribution in [0.25, 0.3) is 0 Å². The first kappa shape index (κ1) is 19.1. The first-order valence-electron chi connectivity index (χ1n) is 9.54. The molecular weight excluding hydrogens is 340 g/mol. The van der Waals surface area contributed by atoms with Crippen LogP contribution in [0.2, 0.25) is 0 Å². The number of ether oxygens (including phenoxy) is 1. The highest BCUT2D eigenvalue weighted by Gasteiger charge is 2.29. The molecule has 0 spiro atoms. The number of carbonyl (C=O) groups is 1. The molecule has 1 saturated heterocycles. The van der Waals surface area contributed by atoms with Crippen LogP contribution in [0.3, 0.4) is 0 Å². The monoisotopic (exact) mass is 368 g/mol. The number of piperidine rings is 1. The summed E-state index contributed by atoms with van der Waals surface area (Å²) in [6, 6.07) is 9.70. The van der Waals surface area contributed by atoms with Crippen molar-refractivity contribution in [2.45, 2.75) is 32.7 Å². The predicted octanol–water partition coefficient (Wildman–Crippen LogP) is 3.22. The van der Waals surface area contributed by atoms with Gasteiger partial charge in [0.1, 0.15) is 5.75 Å². The van der Waals surface area contributed by atoms with Crippen LogP contribution in [-0.4, -0.2) is 36.1 Å². The third kappa shape index (κ3) is 4.76. The van der Waals surface area contributed by atoms with Crippen molar-refractivity contribution in [3.63, 3.8) is 0 Å². The summed E-state index contributed by atoms with van der Waals surface area (Å²) in [7, 11) is 1.65. The minimum Gasteiger partial charge on any atom is -0.497 e. The molecule has 1 aliphatic rings. The van der Waals surface area contributed by atoms with Gasteiger partial charge in [0.2, 0.25) is 11.9 Å². The van der Waals surface area contributed by atoms with Crippen molar-refractivity contribution in [2.24, 2.45) is 11.8 Å². The highest BCUT2D eigenvalue weighted by Crippen LogP contribution is 2.26. The summed E-state index contributed by atoms with van der Waals surface area (Å²) in [5, 5.41) is 3.26. The maximum atomic E-state index is 13.0. The SMILES string of the molecule is COc1ccc(C(NC(=O)C2CCCN(c3ncccn3)C2)C(C)C)cc1. The van der Waals surface area contributed by atoms with Crippen LogP contribution in [0.15, 0.2) is 42.7 Å². The van der Waals surface area contributed by atoms with Crippen molar-refractivity contribution in [3.8, 4) is 5.75 Å². The van der Waals surface area contributed by atoms with E-state index in [0.717, 1.165) is 30.7 Å². The van der Waals surface area contributed by atoms with Crippen molar-refractivity contribution in [2.75, 3.05) is 25.1 Å². The van der Waals surface area contributed by atoms with E-state index in [1.165, 1.54) is 0 Å². The number of nitrogens with one attached hydrogen (secondary N) is 1. The first-order chi connectivity index (χ1) is 13.1. The molecular formula is C21H28N4O2. The minimum absolute atomic E-state index is 0.0215. The molecule has 6 heteroatoms. The van der Waals surface area contributed by atoms with Crippen molar-refractivity contribution >= 4 is 11.9 Å². The van der Waals surface area contributed by atoms with E-state index in [1.807, 2.05) is 24.3 Å². The van der Waals surface area contributed by atoms with Gasteiger partial charge >= 0.3 is 0 Å². The molecule has 1 amide bonds. The first-order valence-corrected chi connectivity index (χ1v) is 9.54. The van der Waals surface area contributed by atoms with Crippen LogP contribution in [0.1, 0.15) is 38.3 Å². The Kier molecular flexibility index (Phi) is 6.27. The Labute approximate surface area is 161 Å². The van der Waals surface area contributed by atoms with Gasteiger partial charge < -0.3 is 15.0 Å². The molecule has 3 rings (SSSR count). The molecule has 27 heavy (non-hydrogen) atoms. The highest BCUT2D eigenvalue weighted by molar-refractivity contribution is 5.80. The fraction of sp³-hybridized carbons (Fsp3) is 0.476. The van der Waals surface area contributed by atoms with Gasteiger partial charge in [-0.05, 0) is 42.5 Å². The fourth-order valence-corrected chi connectivity index (χ4v) is 3.54. The Morgan fingerprint density at radius 3 is 2.56 bits per heavy atom. The number of carbonyl (C=O) groups excluding carboxylic acids is 1. The molecule has 2 heterocycles. The quantitative estimate of drug-likeness (QED) is 0.848. The van der Waals surface area contributed by atoms with E-state index in [9.17, 15) is 4.79 Å². The van der Waals surface area contributed by atoms with E-state index in [2.05, 4.69) is 34.0 Å². The topological polar surface area (TPSA) is 67.3 Å². The van der Waals surface area contributed by atoms with Gasteiger partial charge in [0.15, 0.2) is 0 Å². The molecule has 6 nitrogen and oxygen atoms in total. The molecule has 1 aromatic carbocycles. The lowest BCUT2D eigenvalue weighted by atomic mass is 9.93. The molecule has 1 N–H and O–H groups in total. The van der Waals surface area contributed by atoms with Crippen LogP contribution in [-0.2, 0) is 4.79 Å². The van der Waals surface area contributed by atoms with Crippen molar-refractivity contribution in [1.82, 2.24) is 15.3 Å². The molecule has 1 fully saturated rings. The number of nitrogens with zero attached hydrogens (tertiary/aromatic N) is 3. The average molecular weight is 368 g/mol. The lowest BCUT2D eigenvalue weighted by molar-refractivity contribution is -0.126. The van der Waals surface area contributed by atoms with Crippen LogP contribution in [0.4, 0.5) is 5.95 Å². The van der Waals surface area contributed by atoms with E-state index in [-0.39, 0.29) is 17.9 Å². The highest BCUT2D eigenvalue weighted by atomic mass is 16.5. The minimum atomic E-state index is -0.0537. The molecule has 2 atom stereocenters. The molecule has 1 aromatic heterocycles. The Morgan fingerprint density at radius 1 is 1.22 bits per heavy atom. The smallest absolute Gasteiger partial charge is 0.225 e. The number of benzene rings is 1. The van der Waals surface area contributed by atoms with E-state index >= 15 is 0 Å². The third-order valence-corrected chi connectivity index (χ3v) is 5.07. The van der Waals surface area contributed by atoms with Crippen LogP contribution < -0.4 is 15.0 Å². The number of methoxy groups -OCH3 is 1. The number of amides is 1. The van der Waals surface area contributed by atoms with Crippen molar-refractivity contribution in [3.05, 3.63) is 48.3 Å². The summed E-state index contributed by atoms with van der Waals surface area (Å²) in [4.78, 5) is 23.7. The Hall–Kier alpha value is -2.63. The van der Waals surface area contributed by atoms with Crippen molar-refractivity contribution in [1.29, 1.82) is 0 Å². The van der Waals surface area contributed by atoms with Gasteiger partial charge in [-0.1, -0.05) is 26.0 Å². The number of hydrogen-bond donors (Lipinski definition) is 1. The molecule has 2 aromatic rings.